The van der Waals surface area contributed by atoms with Crippen LogP contribution in [-0.4, -0.2) is 42.2 Å². The van der Waals surface area contributed by atoms with Crippen molar-refractivity contribution in [1.29, 1.82) is 0 Å². The van der Waals surface area contributed by atoms with Gasteiger partial charge in [-0.3, -0.25) is 0 Å². The first kappa shape index (κ1) is 13.6. The van der Waals surface area contributed by atoms with Crippen molar-refractivity contribution in [3.8, 4) is 5.75 Å². The molecule has 2 aliphatic heterocycles. The van der Waals surface area contributed by atoms with Crippen LogP contribution in [0.15, 0.2) is 18.2 Å². The molecule has 2 aliphatic rings. The molecule has 0 amide bonds. The number of thiocarbonyl (C=S) groups is 1. The molecule has 3 N–H and O–H groups in total. The predicted octanol–water partition coefficient (Wildman–Crippen LogP) is 1.06. The van der Waals surface area contributed by atoms with E-state index in [1.165, 1.54) is 0 Å². The standard InChI is InChI=1S/C14H18N2O3S/c17-12-5-6-18-8-11(12)16-14(20)15-10-2-1-3-13-9(10)4-7-19-13/h1-3,11-12,17H,4-8H2,(H2,15,16,20). The minimum absolute atomic E-state index is 0.156. The average molecular weight is 294 g/mol. The second kappa shape index (κ2) is 5.95. The number of aliphatic hydroxyl groups is 1. The van der Waals surface area contributed by atoms with Crippen molar-refractivity contribution in [1.82, 2.24) is 5.32 Å². The van der Waals surface area contributed by atoms with E-state index in [1.54, 1.807) is 0 Å². The monoisotopic (exact) mass is 294 g/mol. The molecule has 1 aromatic rings. The largest absolute Gasteiger partial charge is 0.493 e. The molecule has 20 heavy (non-hydrogen) atoms. The van der Waals surface area contributed by atoms with E-state index >= 15 is 0 Å². The van der Waals surface area contributed by atoms with E-state index in [2.05, 4.69) is 10.6 Å². The van der Waals surface area contributed by atoms with Crippen molar-refractivity contribution >= 4 is 23.0 Å². The first-order valence-corrected chi connectivity index (χ1v) is 7.23. The Bertz CT molecular complexity index is 509. The van der Waals surface area contributed by atoms with Crippen LogP contribution in [0, 0.1) is 0 Å². The molecule has 0 aliphatic carbocycles. The predicted molar refractivity (Wildman–Crippen MR) is 80.2 cm³/mol. The van der Waals surface area contributed by atoms with Gasteiger partial charge in [0.25, 0.3) is 0 Å². The zero-order valence-electron chi connectivity index (χ0n) is 11.1. The number of anilines is 1. The molecule has 5 nitrogen and oxygen atoms in total. The molecule has 6 heteroatoms. The Morgan fingerprint density at radius 3 is 3.10 bits per heavy atom. The van der Waals surface area contributed by atoms with Gasteiger partial charge in [0.2, 0.25) is 0 Å². The molecule has 3 rings (SSSR count). The Morgan fingerprint density at radius 2 is 2.25 bits per heavy atom. The summed E-state index contributed by atoms with van der Waals surface area (Å²) in [5.41, 5.74) is 2.11. The number of hydrogen-bond donors (Lipinski definition) is 3. The molecule has 0 bridgehead atoms. The molecule has 1 saturated heterocycles. The highest BCUT2D eigenvalue weighted by Crippen LogP contribution is 2.31. The minimum Gasteiger partial charge on any atom is -0.493 e. The molecule has 0 aromatic heterocycles. The van der Waals surface area contributed by atoms with Crippen LogP contribution in [0.3, 0.4) is 0 Å². The van der Waals surface area contributed by atoms with Crippen LogP contribution in [-0.2, 0) is 11.2 Å². The van der Waals surface area contributed by atoms with Gasteiger partial charge in [-0.05, 0) is 30.8 Å². The van der Waals surface area contributed by atoms with E-state index in [0.717, 1.165) is 23.4 Å². The smallest absolute Gasteiger partial charge is 0.171 e. The van der Waals surface area contributed by atoms with E-state index in [0.29, 0.717) is 31.4 Å². The molecule has 0 spiro atoms. The third-order valence-electron chi connectivity index (χ3n) is 3.63. The Labute approximate surface area is 123 Å². The second-order valence-electron chi connectivity index (χ2n) is 5.02. The van der Waals surface area contributed by atoms with Crippen LogP contribution in [0.2, 0.25) is 0 Å². The summed E-state index contributed by atoms with van der Waals surface area (Å²) >= 11 is 5.31. The van der Waals surface area contributed by atoms with Crippen LogP contribution >= 0.6 is 12.2 Å². The van der Waals surface area contributed by atoms with Gasteiger partial charge in [-0.25, -0.2) is 0 Å². The summed E-state index contributed by atoms with van der Waals surface area (Å²) in [7, 11) is 0. The van der Waals surface area contributed by atoms with Crippen LogP contribution in [0.1, 0.15) is 12.0 Å². The number of aliphatic hydroxyl groups excluding tert-OH is 1. The molecule has 2 heterocycles. The van der Waals surface area contributed by atoms with Gasteiger partial charge in [-0.2, -0.15) is 0 Å². The van der Waals surface area contributed by atoms with Crippen LogP contribution < -0.4 is 15.4 Å². The maximum Gasteiger partial charge on any atom is 0.171 e. The van der Waals surface area contributed by atoms with Gasteiger partial charge in [0.05, 0.1) is 25.4 Å². The Kier molecular flexibility index (Phi) is 4.05. The van der Waals surface area contributed by atoms with Crippen molar-refractivity contribution in [2.75, 3.05) is 25.1 Å². The summed E-state index contributed by atoms with van der Waals surface area (Å²) in [6, 6.07) is 5.72. The topological polar surface area (TPSA) is 62.8 Å². The number of hydrogen-bond acceptors (Lipinski definition) is 4. The van der Waals surface area contributed by atoms with Crippen molar-refractivity contribution in [3.05, 3.63) is 23.8 Å². The normalized spacial score (nSPS) is 24.6. The molecule has 2 unspecified atom stereocenters. The molecule has 1 fully saturated rings. The van der Waals surface area contributed by atoms with Gasteiger partial charge in [0.1, 0.15) is 5.75 Å². The lowest BCUT2D eigenvalue weighted by Crippen LogP contribution is -2.50. The fraction of sp³-hybridized carbons (Fsp3) is 0.500. The lowest BCUT2D eigenvalue weighted by Gasteiger charge is -2.29. The summed E-state index contributed by atoms with van der Waals surface area (Å²) in [6.45, 7) is 1.78. The molecular formula is C14H18N2O3S. The highest BCUT2D eigenvalue weighted by Gasteiger charge is 2.24. The SMILES string of the molecule is OC1CCOCC1NC(=S)Nc1cccc2c1CCO2. The Hall–Kier alpha value is -1.37. The highest BCUT2D eigenvalue weighted by atomic mass is 32.1. The van der Waals surface area contributed by atoms with E-state index in [4.69, 9.17) is 21.7 Å². The van der Waals surface area contributed by atoms with Crippen LogP contribution in [0.4, 0.5) is 5.69 Å². The second-order valence-corrected chi connectivity index (χ2v) is 5.42. The van der Waals surface area contributed by atoms with Gasteiger partial charge in [-0.1, -0.05) is 6.07 Å². The third-order valence-corrected chi connectivity index (χ3v) is 3.85. The lowest BCUT2D eigenvalue weighted by atomic mass is 10.1. The Balaban J connectivity index is 1.63. The van der Waals surface area contributed by atoms with Crippen LogP contribution in [0.5, 0.6) is 5.75 Å². The lowest BCUT2D eigenvalue weighted by molar-refractivity contribution is -0.00932. The average Bonchev–Trinajstić information content (AvgIpc) is 2.91. The van der Waals surface area contributed by atoms with E-state index < -0.39 is 6.10 Å². The summed E-state index contributed by atoms with van der Waals surface area (Å²) < 4.78 is 10.9. The summed E-state index contributed by atoms with van der Waals surface area (Å²) in [6.07, 6.45) is 1.10. The quantitative estimate of drug-likeness (QED) is 0.709. The molecule has 2 atom stereocenters. The fourth-order valence-corrected chi connectivity index (χ4v) is 2.79. The van der Waals surface area contributed by atoms with Crippen molar-refractivity contribution in [2.45, 2.75) is 25.0 Å². The van der Waals surface area contributed by atoms with E-state index in [9.17, 15) is 5.11 Å². The molecular weight excluding hydrogens is 276 g/mol. The highest BCUT2D eigenvalue weighted by molar-refractivity contribution is 7.80. The van der Waals surface area contributed by atoms with Gasteiger partial charge < -0.3 is 25.2 Å². The minimum atomic E-state index is -0.423. The van der Waals surface area contributed by atoms with Gasteiger partial charge in [-0.15, -0.1) is 0 Å². The zero-order chi connectivity index (χ0) is 13.9. The first-order chi connectivity index (χ1) is 9.74. The van der Waals surface area contributed by atoms with Gasteiger partial charge >= 0.3 is 0 Å². The molecule has 0 saturated carbocycles. The van der Waals surface area contributed by atoms with Crippen molar-refractivity contribution < 1.29 is 14.6 Å². The van der Waals surface area contributed by atoms with E-state index in [1.807, 2.05) is 18.2 Å². The van der Waals surface area contributed by atoms with Gasteiger partial charge in [0.15, 0.2) is 5.11 Å². The van der Waals surface area contributed by atoms with Crippen molar-refractivity contribution in [3.63, 3.8) is 0 Å². The maximum absolute atomic E-state index is 9.89. The van der Waals surface area contributed by atoms with Crippen molar-refractivity contribution in [2.24, 2.45) is 0 Å². The first-order valence-electron chi connectivity index (χ1n) is 6.82. The molecule has 108 valence electrons. The number of nitrogens with one attached hydrogen (secondary N) is 2. The fourth-order valence-electron chi connectivity index (χ4n) is 2.53. The zero-order valence-corrected chi connectivity index (χ0v) is 11.9. The molecule has 0 radical (unpaired) electrons. The van der Waals surface area contributed by atoms with Gasteiger partial charge in [0, 0.05) is 24.3 Å². The third kappa shape index (κ3) is 2.87. The number of ether oxygens (including phenoxy) is 2. The summed E-state index contributed by atoms with van der Waals surface area (Å²) in [5.74, 6) is 0.916. The number of benzene rings is 1. The van der Waals surface area contributed by atoms with Crippen LogP contribution in [0.25, 0.3) is 0 Å². The number of fused-ring (bicyclic) bond motifs is 1. The van der Waals surface area contributed by atoms with E-state index in [-0.39, 0.29) is 6.04 Å². The Morgan fingerprint density at radius 1 is 1.35 bits per heavy atom. The molecule has 1 aromatic carbocycles. The number of rotatable bonds is 2. The maximum atomic E-state index is 9.89. The summed E-state index contributed by atoms with van der Waals surface area (Å²) in [5, 5.41) is 16.7. The summed E-state index contributed by atoms with van der Waals surface area (Å²) in [4.78, 5) is 0.